The van der Waals surface area contributed by atoms with Crippen LogP contribution in [-0.2, 0) is 5.41 Å². The lowest BCUT2D eigenvalue weighted by Gasteiger charge is -2.33. The summed E-state index contributed by atoms with van der Waals surface area (Å²) in [5.41, 5.74) is 16.5. The maximum Gasteiger partial charge on any atom is 0.180 e. The Morgan fingerprint density at radius 1 is 0.453 bits per heavy atom. The predicted molar refractivity (Wildman–Crippen MR) is 319 cm³/mol. The number of anilines is 3. The largest absolute Gasteiger partial charge is 0.485 e. The maximum absolute atomic E-state index is 12.2. The number of carbonyl (C=O) groups excluding carboxylic acids is 1. The van der Waals surface area contributed by atoms with Gasteiger partial charge in [0, 0.05) is 28.0 Å². The number of rotatable bonds is 24. The Labute approximate surface area is 450 Å². The zero-order valence-corrected chi connectivity index (χ0v) is 44.8. The molecule has 0 saturated carbocycles. The molecule has 0 fully saturated rings. The van der Waals surface area contributed by atoms with Gasteiger partial charge in [0.15, 0.2) is 11.5 Å². The van der Waals surface area contributed by atoms with Crippen molar-refractivity contribution in [1.29, 1.82) is 0 Å². The number of benzene rings is 7. The van der Waals surface area contributed by atoms with E-state index in [1.165, 1.54) is 110 Å². The van der Waals surface area contributed by atoms with Gasteiger partial charge in [0.25, 0.3) is 0 Å². The molecule has 1 aliphatic heterocycles. The monoisotopic (exact) mass is 1010 g/mol. The molecule has 2 aliphatic rings. The molecule has 5 heteroatoms. The van der Waals surface area contributed by atoms with Crippen LogP contribution in [0.2, 0.25) is 0 Å². The Morgan fingerprint density at radius 3 is 1.48 bits per heavy atom. The fourth-order valence-electron chi connectivity index (χ4n) is 11.3. The second-order valence-electron chi connectivity index (χ2n) is 20.5. The van der Waals surface area contributed by atoms with Gasteiger partial charge in [-0.25, -0.2) is 0 Å². The SMILES string of the molecule is CCCCCCCCC1(CCCCCCCC)c2cc(C=O)ccc2-c2ccc(-c3ccc(/C=C/c4sc(-c5ccc(/C=C/c6ccc(N(c7ccccc7)c7ccccc7)cc6)cc5)c5c4OCCO5)cc3)cc21. The van der Waals surface area contributed by atoms with E-state index in [1.807, 2.05) is 6.07 Å². The van der Waals surface area contributed by atoms with E-state index in [-0.39, 0.29) is 5.41 Å². The molecule has 8 aromatic rings. The Hall–Kier alpha value is -7.21. The van der Waals surface area contributed by atoms with Crippen molar-refractivity contribution < 1.29 is 14.3 Å². The number of carbonyl (C=O) groups is 1. The van der Waals surface area contributed by atoms with Crippen molar-refractivity contribution in [1.82, 2.24) is 0 Å². The van der Waals surface area contributed by atoms with Crippen molar-refractivity contribution in [2.24, 2.45) is 0 Å². The maximum atomic E-state index is 12.2. The van der Waals surface area contributed by atoms with E-state index in [0.29, 0.717) is 13.2 Å². The van der Waals surface area contributed by atoms with E-state index < -0.39 is 0 Å². The lowest BCUT2D eigenvalue weighted by atomic mass is 9.70. The number of para-hydroxylation sites is 2. The molecule has 75 heavy (non-hydrogen) atoms. The summed E-state index contributed by atoms with van der Waals surface area (Å²) in [5, 5.41) is 0. The molecule has 0 saturated heterocycles. The van der Waals surface area contributed by atoms with Crippen LogP contribution in [0.25, 0.3) is 57.0 Å². The molecule has 7 aromatic carbocycles. The molecule has 1 aliphatic carbocycles. The highest BCUT2D eigenvalue weighted by atomic mass is 32.1. The van der Waals surface area contributed by atoms with Gasteiger partial charge >= 0.3 is 0 Å². The number of unbranched alkanes of at least 4 members (excludes halogenated alkanes) is 10. The number of nitrogens with zero attached hydrogens (tertiary/aromatic N) is 1. The van der Waals surface area contributed by atoms with Crippen molar-refractivity contribution in [2.45, 2.75) is 109 Å². The molecule has 0 amide bonds. The first-order chi connectivity index (χ1) is 37.0. The molecule has 2 heterocycles. The first kappa shape index (κ1) is 51.3. The van der Waals surface area contributed by atoms with Crippen molar-refractivity contribution in [2.75, 3.05) is 18.1 Å². The number of thiophene rings is 1. The fraction of sp³-hybridized carbons (Fsp3) is 0.271. The van der Waals surface area contributed by atoms with Gasteiger partial charge in [-0.1, -0.05) is 230 Å². The summed E-state index contributed by atoms with van der Waals surface area (Å²) in [6.07, 6.45) is 27.3. The lowest BCUT2D eigenvalue weighted by molar-refractivity contribution is 0.112. The minimum atomic E-state index is -0.0920. The zero-order chi connectivity index (χ0) is 51.2. The molecule has 10 rings (SSSR count). The molecular formula is C70H71NO3S. The number of ether oxygens (including phenoxy) is 2. The second kappa shape index (κ2) is 24.9. The van der Waals surface area contributed by atoms with Crippen molar-refractivity contribution in [3.63, 3.8) is 0 Å². The molecular weight excluding hydrogens is 935 g/mol. The average Bonchev–Trinajstić information content (AvgIpc) is 3.99. The highest BCUT2D eigenvalue weighted by molar-refractivity contribution is 7.17. The molecule has 4 nitrogen and oxygen atoms in total. The standard InChI is InChI=1S/C70H71NO3S/c1-3-5-7-9-11-19-45-70(46-20-12-10-8-6-4-2)64-49-55(51-72)33-42-62(64)63-43-39-58(50-65(63)70)56-35-27-54(28-36-56)34-44-66-67-68(74-48-47-73-67)69(75-66)57-37-29-52(30-38-57)25-26-53-31-40-61(41-32-53)71(59-21-15-13-16-22-59)60-23-17-14-18-24-60/h13-18,21-44,49-51H,3-12,19-20,45-48H2,1-2H3/b26-25+,44-34+. The third-order valence-corrected chi connectivity index (χ3v) is 16.5. The summed E-state index contributed by atoms with van der Waals surface area (Å²) >= 11 is 1.71. The minimum Gasteiger partial charge on any atom is -0.485 e. The van der Waals surface area contributed by atoms with Gasteiger partial charge in [-0.05, 0) is 123 Å². The van der Waals surface area contributed by atoms with E-state index >= 15 is 0 Å². The number of hydrogen-bond acceptors (Lipinski definition) is 5. The average molecular weight is 1010 g/mol. The highest BCUT2D eigenvalue weighted by Gasteiger charge is 2.42. The van der Waals surface area contributed by atoms with Crippen LogP contribution >= 0.6 is 11.3 Å². The quantitative estimate of drug-likeness (QED) is 0.0343. The first-order valence-electron chi connectivity index (χ1n) is 27.8. The molecule has 0 unspecified atom stereocenters. The number of aldehydes is 1. The predicted octanol–water partition coefficient (Wildman–Crippen LogP) is 20.2. The highest BCUT2D eigenvalue weighted by Crippen LogP contribution is 2.55. The third kappa shape index (κ3) is 11.9. The van der Waals surface area contributed by atoms with Gasteiger partial charge in [-0.3, -0.25) is 4.79 Å². The van der Waals surface area contributed by atoms with Crippen molar-refractivity contribution in [3.8, 4) is 44.2 Å². The fourth-order valence-corrected chi connectivity index (χ4v) is 12.4. The minimum absolute atomic E-state index is 0.0920. The Kier molecular flexibility index (Phi) is 17.0. The summed E-state index contributed by atoms with van der Waals surface area (Å²) in [5.74, 6) is 1.65. The van der Waals surface area contributed by atoms with Gasteiger partial charge < -0.3 is 14.4 Å². The van der Waals surface area contributed by atoms with Crippen molar-refractivity contribution in [3.05, 3.63) is 208 Å². The van der Waals surface area contributed by atoms with Gasteiger partial charge in [0.05, 0.1) is 9.75 Å². The molecule has 0 atom stereocenters. The molecule has 0 spiro atoms. The van der Waals surface area contributed by atoms with Crippen LogP contribution in [0.15, 0.2) is 170 Å². The molecule has 380 valence electrons. The topological polar surface area (TPSA) is 38.8 Å². The number of hydrogen-bond donors (Lipinski definition) is 0. The molecule has 1 aromatic heterocycles. The Morgan fingerprint density at radius 2 is 0.907 bits per heavy atom. The van der Waals surface area contributed by atoms with Gasteiger partial charge in [0.2, 0.25) is 0 Å². The third-order valence-electron chi connectivity index (χ3n) is 15.4. The van der Waals surface area contributed by atoms with Crippen LogP contribution in [0.5, 0.6) is 11.5 Å². The van der Waals surface area contributed by atoms with Crippen molar-refractivity contribution >= 4 is 59.0 Å². The van der Waals surface area contributed by atoms with Crippen LogP contribution < -0.4 is 14.4 Å². The van der Waals surface area contributed by atoms with Crippen LogP contribution in [0.4, 0.5) is 17.1 Å². The zero-order valence-electron chi connectivity index (χ0n) is 43.9. The van der Waals surface area contributed by atoms with E-state index in [0.717, 1.165) is 85.3 Å². The summed E-state index contributed by atoms with van der Waals surface area (Å²) in [4.78, 5) is 16.7. The van der Waals surface area contributed by atoms with E-state index in [9.17, 15) is 4.79 Å². The van der Waals surface area contributed by atoms with E-state index in [4.69, 9.17) is 9.47 Å². The molecule has 0 radical (unpaired) electrons. The number of fused-ring (bicyclic) bond motifs is 4. The van der Waals surface area contributed by atoms with Crippen LogP contribution in [0.1, 0.15) is 147 Å². The molecule has 0 N–H and O–H groups in total. The summed E-state index contributed by atoms with van der Waals surface area (Å²) < 4.78 is 12.6. The van der Waals surface area contributed by atoms with Gasteiger partial charge in [-0.15, -0.1) is 11.3 Å². The van der Waals surface area contributed by atoms with Gasteiger partial charge in [-0.2, -0.15) is 0 Å². The molecule has 0 bridgehead atoms. The lowest BCUT2D eigenvalue weighted by Crippen LogP contribution is -2.26. The Bertz CT molecular complexity index is 3130. The van der Waals surface area contributed by atoms with Crippen LogP contribution in [0, 0.1) is 0 Å². The second-order valence-corrected chi connectivity index (χ2v) is 21.5. The summed E-state index contributed by atoms with van der Waals surface area (Å²) in [6.45, 7) is 5.65. The Balaban J connectivity index is 0.849. The normalized spacial score (nSPS) is 13.3. The van der Waals surface area contributed by atoms with Crippen LogP contribution in [-0.4, -0.2) is 19.5 Å². The van der Waals surface area contributed by atoms with E-state index in [2.05, 4.69) is 207 Å². The van der Waals surface area contributed by atoms with Gasteiger partial charge in [0.1, 0.15) is 19.5 Å². The van der Waals surface area contributed by atoms with E-state index in [1.54, 1.807) is 11.3 Å². The summed E-state index contributed by atoms with van der Waals surface area (Å²) in [6, 6.07) is 61.1. The first-order valence-corrected chi connectivity index (χ1v) is 28.6. The smallest absolute Gasteiger partial charge is 0.180 e. The summed E-state index contributed by atoms with van der Waals surface area (Å²) in [7, 11) is 0. The van der Waals surface area contributed by atoms with Crippen LogP contribution in [0.3, 0.4) is 0 Å².